The van der Waals surface area contributed by atoms with Crippen LogP contribution in [0.15, 0.2) is 28.9 Å². The maximum Gasteiger partial charge on any atom is 0.152 e. The number of carbonyl (C=O) groups is 1. The fourth-order valence-corrected chi connectivity index (χ4v) is 2.49. The van der Waals surface area contributed by atoms with Crippen LogP contribution in [0.5, 0.6) is 0 Å². The summed E-state index contributed by atoms with van der Waals surface area (Å²) < 4.78 is 3.17. The van der Waals surface area contributed by atoms with E-state index in [4.69, 9.17) is 0 Å². The van der Waals surface area contributed by atoms with E-state index in [1.165, 1.54) is 0 Å². The molecule has 0 amide bonds. The highest BCUT2D eigenvalue weighted by atomic mass is 79.9. The summed E-state index contributed by atoms with van der Waals surface area (Å²) in [6, 6.07) is 6.07. The van der Waals surface area contributed by atoms with Gasteiger partial charge in [-0.1, -0.05) is 15.9 Å². The summed E-state index contributed by atoms with van der Waals surface area (Å²) in [5.74, 6) is 0. The van der Waals surface area contributed by atoms with E-state index in [0.29, 0.717) is 0 Å². The van der Waals surface area contributed by atoms with Crippen LogP contribution in [0.25, 0.3) is 10.9 Å². The Hall–Kier alpha value is -1.13. The molecule has 0 saturated heterocycles. The topological polar surface area (TPSA) is 25.2 Å². The zero-order valence-corrected chi connectivity index (χ0v) is 12.3. The van der Waals surface area contributed by atoms with E-state index < -0.39 is 0 Å². The third-order valence-corrected chi connectivity index (χ3v) is 3.50. The van der Waals surface area contributed by atoms with E-state index in [0.717, 1.165) is 46.7 Å². The molecule has 1 aromatic carbocycles. The van der Waals surface area contributed by atoms with Crippen molar-refractivity contribution in [2.45, 2.75) is 13.0 Å². The minimum absolute atomic E-state index is 0.760. The van der Waals surface area contributed by atoms with Gasteiger partial charge in [-0.05, 0) is 45.3 Å². The van der Waals surface area contributed by atoms with Gasteiger partial charge in [-0.2, -0.15) is 0 Å². The molecule has 0 unspecified atom stereocenters. The van der Waals surface area contributed by atoms with Crippen LogP contribution < -0.4 is 0 Å². The molecule has 0 saturated carbocycles. The second-order valence-electron chi connectivity index (χ2n) is 4.71. The van der Waals surface area contributed by atoms with Crippen molar-refractivity contribution < 1.29 is 4.79 Å². The van der Waals surface area contributed by atoms with Crippen molar-refractivity contribution in [1.29, 1.82) is 0 Å². The number of nitrogens with zero attached hydrogens (tertiary/aromatic N) is 2. The Morgan fingerprint density at radius 2 is 2.17 bits per heavy atom. The SMILES string of the molecule is CN(C)CCCn1cc(C=O)c2cc(Br)ccc21. The summed E-state index contributed by atoms with van der Waals surface area (Å²) in [4.78, 5) is 13.3. The van der Waals surface area contributed by atoms with E-state index in [9.17, 15) is 4.79 Å². The van der Waals surface area contributed by atoms with Gasteiger partial charge in [0.2, 0.25) is 0 Å². The second kappa shape index (κ2) is 5.67. The first-order chi connectivity index (χ1) is 8.61. The Kier molecular flexibility index (Phi) is 4.19. The molecule has 96 valence electrons. The largest absolute Gasteiger partial charge is 0.347 e. The van der Waals surface area contributed by atoms with E-state index >= 15 is 0 Å². The van der Waals surface area contributed by atoms with Crippen molar-refractivity contribution >= 4 is 33.1 Å². The molecule has 3 nitrogen and oxygen atoms in total. The molecular formula is C14H17BrN2O. The Bertz CT molecular complexity index is 560. The minimum atomic E-state index is 0.760. The van der Waals surface area contributed by atoms with Gasteiger partial charge in [0.25, 0.3) is 0 Å². The van der Waals surface area contributed by atoms with Crippen molar-refractivity contribution in [2.75, 3.05) is 20.6 Å². The molecule has 0 aliphatic heterocycles. The van der Waals surface area contributed by atoms with Crippen molar-refractivity contribution in [3.8, 4) is 0 Å². The van der Waals surface area contributed by atoms with Gasteiger partial charge in [0.15, 0.2) is 6.29 Å². The smallest absolute Gasteiger partial charge is 0.152 e. The fourth-order valence-electron chi connectivity index (χ4n) is 2.13. The summed E-state index contributed by atoms with van der Waals surface area (Å²) in [6.45, 7) is 1.98. The maximum atomic E-state index is 11.1. The third-order valence-electron chi connectivity index (χ3n) is 3.01. The molecule has 0 atom stereocenters. The predicted octanol–water partition coefficient (Wildman–Crippen LogP) is 3.17. The minimum Gasteiger partial charge on any atom is -0.347 e. The number of halogens is 1. The highest BCUT2D eigenvalue weighted by Gasteiger charge is 2.08. The van der Waals surface area contributed by atoms with Crippen LogP contribution in [0.3, 0.4) is 0 Å². The van der Waals surface area contributed by atoms with Gasteiger partial charge < -0.3 is 9.47 Å². The Balaban J connectivity index is 2.30. The molecule has 0 aliphatic rings. The van der Waals surface area contributed by atoms with Crippen LogP contribution in [0, 0.1) is 0 Å². The van der Waals surface area contributed by atoms with Gasteiger partial charge in [-0.25, -0.2) is 0 Å². The van der Waals surface area contributed by atoms with Gasteiger partial charge in [-0.15, -0.1) is 0 Å². The van der Waals surface area contributed by atoms with E-state index in [-0.39, 0.29) is 0 Å². The van der Waals surface area contributed by atoms with Crippen LogP contribution in [-0.2, 0) is 6.54 Å². The quantitative estimate of drug-likeness (QED) is 0.793. The van der Waals surface area contributed by atoms with Gasteiger partial charge in [0, 0.05) is 33.7 Å². The zero-order chi connectivity index (χ0) is 13.1. The van der Waals surface area contributed by atoms with Gasteiger partial charge >= 0.3 is 0 Å². The van der Waals surface area contributed by atoms with E-state index in [1.54, 1.807) is 0 Å². The van der Waals surface area contributed by atoms with Crippen LogP contribution in [0.1, 0.15) is 16.8 Å². The summed E-state index contributed by atoms with van der Waals surface area (Å²) in [7, 11) is 4.14. The Morgan fingerprint density at radius 3 is 2.83 bits per heavy atom. The van der Waals surface area contributed by atoms with Gasteiger partial charge in [0.05, 0.1) is 0 Å². The highest BCUT2D eigenvalue weighted by molar-refractivity contribution is 9.10. The molecule has 0 aliphatic carbocycles. The number of aldehydes is 1. The number of hydrogen-bond acceptors (Lipinski definition) is 2. The molecule has 0 bridgehead atoms. The first kappa shape index (κ1) is 13.3. The van der Waals surface area contributed by atoms with E-state index in [1.807, 2.05) is 18.3 Å². The number of aryl methyl sites for hydroxylation is 1. The van der Waals surface area contributed by atoms with Crippen LogP contribution in [0.2, 0.25) is 0 Å². The van der Waals surface area contributed by atoms with Crippen molar-refractivity contribution in [2.24, 2.45) is 0 Å². The lowest BCUT2D eigenvalue weighted by Crippen LogP contribution is -2.14. The number of fused-ring (bicyclic) bond motifs is 1. The van der Waals surface area contributed by atoms with Crippen LogP contribution >= 0.6 is 15.9 Å². The number of rotatable bonds is 5. The zero-order valence-electron chi connectivity index (χ0n) is 10.7. The van der Waals surface area contributed by atoms with Crippen molar-refractivity contribution in [3.05, 3.63) is 34.4 Å². The number of aromatic nitrogens is 1. The highest BCUT2D eigenvalue weighted by Crippen LogP contribution is 2.24. The Labute approximate surface area is 116 Å². The molecule has 2 aromatic rings. The molecule has 0 N–H and O–H groups in total. The lowest BCUT2D eigenvalue weighted by Gasteiger charge is -2.10. The molecule has 0 fully saturated rings. The first-order valence-electron chi connectivity index (χ1n) is 6.00. The lowest BCUT2D eigenvalue weighted by molar-refractivity contribution is 0.112. The number of benzene rings is 1. The van der Waals surface area contributed by atoms with E-state index in [2.05, 4.69) is 45.6 Å². The monoisotopic (exact) mass is 308 g/mol. The van der Waals surface area contributed by atoms with Crippen molar-refractivity contribution in [3.63, 3.8) is 0 Å². The number of hydrogen-bond donors (Lipinski definition) is 0. The summed E-state index contributed by atoms with van der Waals surface area (Å²) in [6.07, 6.45) is 3.95. The summed E-state index contributed by atoms with van der Waals surface area (Å²) >= 11 is 3.44. The molecule has 1 heterocycles. The lowest BCUT2D eigenvalue weighted by atomic mass is 10.2. The average Bonchev–Trinajstić information content (AvgIpc) is 2.66. The molecule has 2 rings (SSSR count). The Morgan fingerprint density at radius 1 is 1.39 bits per heavy atom. The van der Waals surface area contributed by atoms with Gasteiger partial charge in [-0.3, -0.25) is 4.79 Å². The molecule has 1 aromatic heterocycles. The fraction of sp³-hybridized carbons (Fsp3) is 0.357. The van der Waals surface area contributed by atoms with Gasteiger partial charge in [0.1, 0.15) is 0 Å². The summed E-state index contributed by atoms with van der Waals surface area (Å²) in [5.41, 5.74) is 1.88. The predicted molar refractivity (Wildman–Crippen MR) is 78.2 cm³/mol. The molecule has 0 spiro atoms. The molecule has 0 radical (unpaired) electrons. The third kappa shape index (κ3) is 2.82. The van der Waals surface area contributed by atoms with Crippen LogP contribution in [0.4, 0.5) is 0 Å². The van der Waals surface area contributed by atoms with Crippen LogP contribution in [-0.4, -0.2) is 36.4 Å². The second-order valence-corrected chi connectivity index (χ2v) is 5.63. The number of carbonyl (C=O) groups excluding carboxylic acids is 1. The summed E-state index contributed by atoms with van der Waals surface area (Å²) in [5, 5.41) is 1.02. The molecular weight excluding hydrogens is 292 g/mol. The maximum absolute atomic E-state index is 11.1. The molecule has 18 heavy (non-hydrogen) atoms. The standard InChI is InChI=1S/C14H17BrN2O/c1-16(2)6-3-7-17-9-11(10-18)13-8-12(15)4-5-14(13)17/h4-5,8-10H,3,6-7H2,1-2H3. The molecule has 4 heteroatoms. The van der Waals surface area contributed by atoms with Crippen molar-refractivity contribution in [1.82, 2.24) is 9.47 Å². The normalized spacial score (nSPS) is 11.3. The average molecular weight is 309 g/mol. The first-order valence-corrected chi connectivity index (χ1v) is 6.79.